The van der Waals surface area contributed by atoms with Gasteiger partial charge in [-0.25, -0.2) is 4.98 Å². The summed E-state index contributed by atoms with van der Waals surface area (Å²) in [5, 5.41) is 4.11. The van der Waals surface area contributed by atoms with Gasteiger partial charge in [0.05, 0.1) is 29.1 Å². The molecule has 1 fully saturated rings. The van der Waals surface area contributed by atoms with E-state index in [0.717, 1.165) is 27.6 Å². The van der Waals surface area contributed by atoms with Crippen LogP contribution in [0.25, 0.3) is 10.6 Å². The number of amides is 1. The number of nitrogens with zero attached hydrogens (tertiary/aromatic N) is 1. The normalized spacial score (nSPS) is 18.8. The number of aryl methyl sites for hydroxylation is 2. The average Bonchev–Trinajstić information content (AvgIpc) is 3.17. The van der Waals surface area contributed by atoms with Crippen molar-refractivity contribution >= 4 is 17.2 Å². The molecule has 2 atom stereocenters. The molecule has 1 aliphatic heterocycles. The Morgan fingerprint density at radius 1 is 1.35 bits per heavy atom. The smallest absolute Gasteiger partial charge is 0.226 e. The van der Waals surface area contributed by atoms with Gasteiger partial charge in [0, 0.05) is 12.2 Å². The van der Waals surface area contributed by atoms with Gasteiger partial charge in [0.15, 0.2) is 0 Å². The molecule has 0 spiro atoms. The van der Waals surface area contributed by atoms with E-state index in [1.54, 1.807) is 11.3 Å². The lowest BCUT2D eigenvalue weighted by atomic mass is 10.1. The second-order valence-electron chi connectivity index (χ2n) is 6.13. The van der Waals surface area contributed by atoms with Gasteiger partial charge < -0.3 is 10.1 Å². The fourth-order valence-electron chi connectivity index (χ4n) is 2.77. The van der Waals surface area contributed by atoms with E-state index >= 15 is 0 Å². The number of nitrogens with one attached hydrogen (secondary N) is 1. The summed E-state index contributed by atoms with van der Waals surface area (Å²) >= 11 is 1.65. The molecular weight excluding hydrogens is 308 g/mol. The predicted molar refractivity (Wildman–Crippen MR) is 92.5 cm³/mol. The number of benzene rings is 1. The van der Waals surface area contributed by atoms with Crippen molar-refractivity contribution in [3.05, 3.63) is 40.4 Å². The third-order valence-corrected chi connectivity index (χ3v) is 5.57. The quantitative estimate of drug-likeness (QED) is 0.931. The molecule has 5 heteroatoms. The number of hydrogen-bond acceptors (Lipinski definition) is 4. The van der Waals surface area contributed by atoms with Crippen LogP contribution in [0.15, 0.2) is 24.3 Å². The van der Waals surface area contributed by atoms with Crippen LogP contribution in [0.4, 0.5) is 0 Å². The zero-order valence-corrected chi connectivity index (χ0v) is 14.6. The Morgan fingerprint density at radius 2 is 2.09 bits per heavy atom. The third-order valence-electron chi connectivity index (χ3n) is 4.18. The summed E-state index contributed by atoms with van der Waals surface area (Å²) in [6.07, 6.45) is 0.814. The molecule has 1 aromatic heterocycles. The summed E-state index contributed by atoms with van der Waals surface area (Å²) in [5.41, 5.74) is 3.35. The summed E-state index contributed by atoms with van der Waals surface area (Å²) in [5.74, 6) is 0.0712. The Labute approximate surface area is 140 Å². The van der Waals surface area contributed by atoms with Gasteiger partial charge in [0.25, 0.3) is 0 Å². The molecule has 2 aromatic rings. The summed E-state index contributed by atoms with van der Waals surface area (Å²) in [4.78, 5) is 18.0. The molecule has 3 rings (SSSR count). The largest absolute Gasteiger partial charge is 0.381 e. The van der Waals surface area contributed by atoms with Crippen LogP contribution in [-0.4, -0.2) is 24.1 Å². The molecule has 1 aliphatic rings. The zero-order chi connectivity index (χ0) is 16.4. The standard InChI is InChI=1S/C18H22N2O2S/c1-11-4-6-14(7-5-11)18-20-13(3)16(23-18)12(2)19-17(21)15-8-9-22-10-15/h4-7,12,15H,8-10H2,1-3H3,(H,19,21). The minimum Gasteiger partial charge on any atom is -0.381 e. The van der Waals surface area contributed by atoms with Crippen molar-refractivity contribution in [3.8, 4) is 10.6 Å². The highest BCUT2D eigenvalue weighted by Crippen LogP contribution is 2.32. The number of hydrogen-bond donors (Lipinski definition) is 1. The molecule has 122 valence electrons. The fourth-order valence-corrected chi connectivity index (χ4v) is 3.84. The summed E-state index contributed by atoms with van der Waals surface area (Å²) in [7, 11) is 0. The summed E-state index contributed by atoms with van der Waals surface area (Å²) in [6, 6.07) is 8.35. The van der Waals surface area contributed by atoms with Crippen molar-refractivity contribution < 1.29 is 9.53 Å². The SMILES string of the molecule is Cc1ccc(-c2nc(C)c(C(C)NC(=O)C3CCOC3)s2)cc1. The highest BCUT2D eigenvalue weighted by atomic mass is 32.1. The summed E-state index contributed by atoms with van der Waals surface area (Å²) in [6.45, 7) is 7.32. The highest BCUT2D eigenvalue weighted by molar-refractivity contribution is 7.15. The van der Waals surface area contributed by atoms with Crippen molar-refractivity contribution in [2.75, 3.05) is 13.2 Å². The Hall–Kier alpha value is -1.72. The molecule has 0 bridgehead atoms. The van der Waals surface area contributed by atoms with E-state index < -0.39 is 0 Å². The first-order chi connectivity index (χ1) is 11.0. The van der Waals surface area contributed by atoms with E-state index in [-0.39, 0.29) is 17.9 Å². The van der Waals surface area contributed by atoms with Crippen LogP contribution >= 0.6 is 11.3 Å². The lowest BCUT2D eigenvalue weighted by Gasteiger charge is -2.15. The van der Waals surface area contributed by atoms with Gasteiger partial charge in [0.1, 0.15) is 5.01 Å². The van der Waals surface area contributed by atoms with Crippen LogP contribution in [-0.2, 0) is 9.53 Å². The predicted octanol–water partition coefficient (Wildman–Crippen LogP) is 3.64. The molecule has 0 saturated carbocycles. The molecule has 2 unspecified atom stereocenters. The minimum atomic E-state index is -0.0280. The van der Waals surface area contributed by atoms with Crippen molar-refractivity contribution in [2.45, 2.75) is 33.2 Å². The van der Waals surface area contributed by atoms with Gasteiger partial charge in [-0.1, -0.05) is 29.8 Å². The van der Waals surface area contributed by atoms with Crippen molar-refractivity contribution in [2.24, 2.45) is 5.92 Å². The van der Waals surface area contributed by atoms with Gasteiger partial charge >= 0.3 is 0 Å². The van der Waals surface area contributed by atoms with Crippen LogP contribution in [0.1, 0.15) is 35.5 Å². The van der Waals surface area contributed by atoms with Gasteiger partial charge in [-0.2, -0.15) is 0 Å². The van der Waals surface area contributed by atoms with Crippen LogP contribution in [0.5, 0.6) is 0 Å². The molecule has 1 saturated heterocycles. The van der Waals surface area contributed by atoms with Gasteiger partial charge in [-0.15, -0.1) is 11.3 Å². The monoisotopic (exact) mass is 330 g/mol. The van der Waals surface area contributed by atoms with Crippen LogP contribution in [0.2, 0.25) is 0 Å². The van der Waals surface area contributed by atoms with Crippen LogP contribution in [0.3, 0.4) is 0 Å². The number of rotatable bonds is 4. The Kier molecular flexibility index (Phi) is 4.78. The molecule has 1 aromatic carbocycles. The molecule has 23 heavy (non-hydrogen) atoms. The Morgan fingerprint density at radius 3 is 2.74 bits per heavy atom. The Bertz CT molecular complexity index is 688. The first-order valence-electron chi connectivity index (χ1n) is 7.97. The first-order valence-corrected chi connectivity index (χ1v) is 8.78. The number of thiazole rings is 1. The van der Waals surface area contributed by atoms with Gasteiger partial charge in [-0.3, -0.25) is 4.79 Å². The van der Waals surface area contributed by atoms with Gasteiger partial charge in [-0.05, 0) is 27.2 Å². The number of ether oxygens (including phenoxy) is 1. The van der Waals surface area contributed by atoms with E-state index in [2.05, 4.69) is 41.5 Å². The fraction of sp³-hybridized carbons (Fsp3) is 0.444. The van der Waals surface area contributed by atoms with E-state index in [1.807, 2.05) is 13.8 Å². The lowest BCUT2D eigenvalue weighted by molar-refractivity contribution is -0.125. The van der Waals surface area contributed by atoms with Crippen molar-refractivity contribution in [3.63, 3.8) is 0 Å². The topological polar surface area (TPSA) is 51.2 Å². The zero-order valence-electron chi connectivity index (χ0n) is 13.8. The van der Waals surface area contributed by atoms with Crippen molar-refractivity contribution in [1.82, 2.24) is 10.3 Å². The second-order valence-corrected chi connectivity index (χ2v) is 7.16. The van der Waals surface area contributed by atoms with Crippen LogP contribution in [0, 0.1) is 19.8 Å². The molecule has 4 nitrogen and oxygen atoms in total. The maximum Gasteiger partial charge on any atom is 0.226 e. The maximum atomic E-state index is 12.2. The number of carbonyl (C=O) groups excluding carboxylic acids is 1. The maximum absolute atomic E-state index is 12.2. The molecule has 0 radical (unpaired) electrons. The van der Waals surface area contributed by atoms with Gasteiger partial charge in [0.2, 0.25) is 5.91 Å². The first kappa shape index (κ1) is 16.1. The summed E-state index contributed by atoms with van der Waals surface area (Å²) < 4.78 is 5.29. The van der Waals surface area contributed by atoms with Crippen molar-refractivity contribution in [1.29, 1.82) is 0 Å². The molecule has 0 aliphatic carbocycles. The second kappa shape index (κ2) is 6.81. The minimum absolute atomic E-state index is 0.0118. The van der Waals surface area contributed by atoms with E-state index in [4.69, 9.17) is 4.74 Å². The average molecular weight is 330 g/mol. The molecule has 1 N–H and O–H groups in total. The molecule has 2 heterocycles. The number of carbonyl (C=O) groups is 1. The van der Waals surface area contributed by atoms with Crippen LogP contribution < -0.4 is 5.32 Å². The molecule has 1 amide bonds. The third kappa shape index (κ3) is 3.62. The number of aromatic nitrogens is 1. The van der Waals surface area contributed by atoms with E-state index in [0.29, 0.717) is 13.2 Å². The van der Waals surface area contributed by atoms with E-state index in [1.165, 1.54) is 5.56 Å². The van der Waals surface area contributed by atoms with E-state index in [9.17, 15) is 4.79 Å². The lowest BCUT2D eigenvalue weighted by Crippen LogP contribution is -2.32. The Balaban J connectivity index is 1.74. The molecular formula is C18H22N2O2S. The highest BCUT2D eigenvalue weighted by Gasteiger charge is 2.26.